The highest BCUT2D eigenvalue weighted by Gasteiger charge is 2.84. The van der Waals surface area contributed by atoms with Crippen LogP contribution in [0.2, 0.25) is 0 Å². The number of aliphatic hydroxyl groups is 2. The first kappa shape index (κ1) is 30.4. The van der Waals surface area contributed by atoms with Crippen LogP contribution in [-0.4, -0.2) is 79.4 Å². The van der Waals surface area contributed by atoms with Gasteiger partial charge < -0.3 is 34.5 Å². The zero-order valence-corrected chi connectivity index (χ0v) is 27.4. The number of aliphatic hydroxyl groups excluding tert-OH is 2. The number of hydrogen-bond donors (Lipinski definition) is 3. The molecule has 5 aliphatic carbocycles. The number of ether oxygens (including phenoxy) is 4. The molecule has 42 heavy (non-hydrogen) atoms. The van der Waals surface area contributed by atoms with Crippen molar-refractivity contribution in [2.24, 2.45) is 50.7 Å². The third-order valence-electron chi connectivity index (χ3n) is 15.2. The maximum atomic E-state index is 12.5. The van der Waals surface area contributed by atoms with Gasteiger partial charge in [0.1, 0.15) is 6.10 Å². The predicted molar refractivity (Wildman–Crippen MR) is 161 cm³/mol. The molecule has 5 saturated carbocycles. The Balaban J connectivity index is 1.16. The molecule has 15 atom stereocenters. The third-order valence-corrected chi connectivity index (χ3v) is 15.2. The van der Waals surface area contributed by atoms with Crippen LogP contribution in [0.3, 0.4) is 0 Å². The molecule has 15 unspecified atom stereocenters. The molecule has 7 heteroatoms. The first-order chi connectivity index (χ1) is 19.9. The van der Waals surface area contributed by atoms with Gasteiger partial charge in [-0.1, -0.05) is 34.6 Å². The summed E-state index contributed by atoms with van der Waals surface area (Å²) in [7, 11) is 0. The number of nitrogens with one attached hydrogen (secondary N) is 1. The van der Waals surface area contributed by atoms with Crippen LogP contribution in [0, 0.1) is 50.7 Å². The van der Waals surface area contributed by atoms with Gasteiger partial charge in [-0.3, -0.25) is 0 Å². The second-order valence-electron chi connectivity index (χ2n) is 16.8. The molecular weight excluding hydrogens is 530 g/mol. The van der Waals surface area contributed by atoms with E-state index in [2.05, 4.69) is 39.9 Å². The van der Waals surface area contributed by atoms with E-state index in [-0.39, 0.29) is 47.0 Å². The fourth-order valence-corrected chi connectivity index (χ4v) is 13.3. The lowest BCUT2D eigenvalue weighted by Gasteiger charge is -2.63. The normalized spacial score (nSPS) is 55.8. The molecule has 240 valence electrons. The van der Waals surface area contributed by atoms with Gasteiger partial charge in [0.05, 0.1) is 37.1 Å². The molecule has 7 nitrogen and oxygen atoms in total. The van der Waals surface area contributed by atoms with E-state index < -0.39 is 12.2 Å². The summed E-state index contributed by atoms with van der Waals surface area (Å²) in [6.45, 7) is 19.1. The summed E-state index contributed by atoms with van der Waals surface area (Å²) in [6, 6.07) is 0. The van der Waals surface area contributed by atoms with E-state index in [0.717, 1.165) is 32.5 Å². The Morgan fingerprint density at radius 3 is 2.45 bits per heavy atom. The predicted octanol–water partition coefficient (Wildman–Crippen LogP) is 4.92. The van der Waals surface area contributed by atoms with Crippen molar-refractivity contribution >= 4 is 0 Å². The Bertz CT molecular complexity index is 1030. The summed E-state index contributed by atoms with van der Waals surface area (Å²) in [4.78, 5) is 0. The minimum atomic E-state index is -0.598. The van der Waals surface area contributed by atoms with Crippen LogP contribution in [0.25, 0.3) is 0 Å². The summed E-state index contributed by atoms with van der Waals surface area (Å²) >= 11 is 0. The topological polar surface area (TPSA) is 89.4 Å². The molecule has 0 aromatic rings. The van der Waals surface area contributed by atoms with Crippen molar-refractivity contribution in [3.8, 4) is 0 Å². The maximum Gasteiger partial charge on any atom is 0.170 e. The van der Waals surface area contributed by atoms with E-state index in [1.165, 1.54) is 38.5 Å². The van der Waals surface area contributed by atoms with Crippen LogP contribution in [0.4, 0.5) is 0 Å². The standard InChI is InChI=1S/C35H59NO6/c1-8-39-28(21(3)37)22-17-20(2)27-29(41-22)30(38)33(7)24-10-9-23-31(4,5)25(42-26-18-36-15-16-40-26)11-12-34(23)19-35(24,34)14-13-32(27,33)6/h20-30,36-38H,8-19H2,1-7H3. The van der Waals surface area contributed by atoms with Gasteiger partial charge in [-0.15, -0.1) is 0 Å². The van der Waals surface area contributed by atoms with Crippen LogP contribution in [0.1, 0.15) is 99.8 Å². The number of morpholine rings is 1. The van der Waals surface area contributed by atoms with Gasteiger partial charge in [-0.05, 0) is 111 Å². The van der Waals surface area contributed by atoms with Gasteiger partial charge >= 0.3 is 0 Å². The monoisotopic (exact) mass is 589 g/mol. The van der Waals surface area contributed by atoms with E-state index >= 15 is 0 Å². The Hall–Kier alpha value is -0.280. The van der Waals surface area contributed by atoms with Gasteiger partial charge in [0.2, 0.25) is 0 Å². The van der Waals surface area contributed by atoms with Crippen molar-refractivity contribution in [2.75, 3.05) is 26.3 Å². The first-order valence-electron chi connectivity index (χ1n) is 17.5. The molecule has 0 aromatic heterocycles. The first-order valence-corrected chi connectivity index (χ1v) is 17.5. The fourth-order valence-electron chi connectivity index (χ4n) is 13.3. The largest absolute Gasteiger partial charge is 0.391 e. The number of fused-ring (bicyclic) bond motifs is 4. The summed E-state index contributed by atoms with van der Waals surface area (Å²) < 4.78 is 25.5. The molecule has 0 bridgehead atoms. The molecule has 3 N–H and O–H groups in total. The molecule has 7 fully saturated rings. The van der Waals surface area contributed by atoms with E-state index in [1.807, 2.05) is 13.8 Å². The van der Waals surface area contributed by atoms with Crippen LogP contribution < -0.4 is 5.32 Å². The highest BCUT2D eigenvalue weighted by Crippen LogP contribution is 2.89. The lowest BCUT2D eigenvalue weighted by atomic mass is 9.41. The Labute approximate surface area is 254 Å². The zero-order chi connectivity index (χ0) is 29.9. The molecule has 0 amide bonds. The molecule has 2 heterocycles. The lowest BCUT2D eigenvalue weighted by Crippen LogP contribution is -2.60. The van der Waals surface area contributed by atoms with Gasteiger partial charge in [0.15, 0.2) is 6.29 Å². The van der Waals surface area contributed by atoms with E-state index in [4.69, 9.17) is 18.9 Å². The maximum absolute atomic E-state index is 12.5. The van der Waals surface area contributed by atoms with Gasteiger partial charge in [0, 0.05) is 25.1 Å². The average Bonchev–Trinajstić information content (AvgIpc) is 3.58. The van der Waals surface area contributed by atoms with Crippen molar-refractivity contribution in [2.45, 2.75) is 143 Å². The summed E-state index contributed by atoms with van der Waals surface area (Å²) in [5, 5.41) is 26.5. The zero-order valence-electron chi connectivity index (χ0n) is 27.4. The quantitative estimate of drug-likeness (QED) is 0.405. The van der Waals surface area contributed by atoms with Gasteiger partial charge in [-0.25, -0.2) is 0 Å². The van der Waals surface area contributed by atoms with Crippen molar-refractivity contribution in [1.82, 2.24) is 5.32 Å². The molecular formula is C35H59NO6. The van der Waals surface area contributed by atoms with Crippen molar-refractivity contribution in [3.05, 3.63) is 0 Å². The van der Waals surface area contributed by atoms with Gasteiger partial charge in [0.25, 0.3) is 0 Å². The molecule has 2 aliphatic heterocycles. The van der Waals surface area contributed by atoms with Crippen molar-refractivity contribution in [3.63, 3.8) is 0 Å². The Kier molecular flexibility index (Phi) is 7.31. The highest BCUT2D eigenvalue weighted by molar-refractivity contribution is 5.32. The summed E-state index contributed by atoms with van der Waals surface area (Å²) in [6.07, 6.45) is 7.75. The molecule has 7 aliphatic rings. The van der Waals surface area contributed by atoms with Crippen LogP contribution in [0.5, 0.6) is 0 Å². The minimum Gasteiger partial charge on any atom is -0.391 e. The molecule has 0 radical (unpaired) electrons. The number of rotatable bonds is 6. The van der Waals surface area contributed by atoms with Gasteiger partial charge in [-0.2, -0.15) is 0 Å². The number of hydrogen-bond acceptors (Lipinski definition) is 7. The van der Waals surface area contributed by atoms with E-state index in [9.17, 15) is 10.2 Å². The molecule has 2 spiro atoms. The van der Waals surface area contributed by atoms with E-state index in [1.54, 1.807) is 0 Å². The molecule has 2 saturated heterocycles. The van der Waals surface area contributed by atoms with Crippen LogP contribution >= 0.6 is 0 Å². The Morgan fingerprint density at radius 2 is 1.76 bits per heavy atom. The second-order valence-corrected chi connectivity index (χ2v) is 16.8. The summed E-state index contributed by atoms with van der Waals surface area (Å²) in [5.74, 6) is 1.93. The van der Waals surface area contributed by atoms with Crippen LogP contribution in [-0.2, 0) is 18.9 Å². The third kappa shape index (κ3) is 3.83. The smallest absolute Gasteiger partial charge is 0.170 e. The fraction of sp³-hybridized carbons (Fsp3) is 1.00. The highest BCUT2D eigenvalue weighted by atomic mass is 16.7. The average molecular weight is 590 g/mol. The lowest BCUT2D eigenvalue weighted by molar-refractivity contribution is -0.237. The SMILES string of the molecule is CCOC(C(C)O)C1CC(C)C2C(O1)C(O)C1(C)C3CCC4C(C)(C)C(OC5CNCCO5)CCC45CC35CCC21C. The van der Waals surface area contributed by atoms with E-state index in [0.29, 0.717) is 41.1 Å². The minimum absolute atomic E-state index is 0.0428. The van der Waals surface area contributed by atoms with Crippen molar-refractivity contribution in [1.29, 1.82) is 0 Å². The molecule has 0 aromatic carbocycles. The summed E-state index contributed by atoms with van der Waals surface area (Å²) in [5.41, 5.74) is 0.686. The van der Waals surface area contributed by atoms with Crippen molar-refractivity contribution < 1.29 is 29.2 Å². The molecule has 7 rings (SSSR count). The Morgan fingerprint density at radius 1 is 1.02 bits per heavy atom. The van der Waals surface area contributed by atoms with Crippen LogP contribution in [0.15, 0.2) is 0 Å². The second kappa shape index (κ2) is 10.1.